The van der Waals surface area contributed by atoms with E-state index in [0.29, 0.717) is 13.0 Å². The van der Waals surface area contributed by atoms with Gasteiger partial charge in [-0.2, -0.15) is 0 Å². The van der Waals surface area contributed by atoms with Crippen molar-refractivity contribution in [3.63, 3.8) is 0 Å². The molecule has 19 heavy (non-hydrogen) atoms. The second-order valence-electron chi connectivity index (χ2n) is 6.85. The van der Waals surface area contributed by atoms with E-state index in [-0.39, 0.29) is 11.7 Å². The van der Waals surface area contributed by atoms with Crippen LogP contribution in [-0.4, -0.2) is 45.7 Å². The highest BCUT2D eigenvalue weighted by Crippen LogP contribution is 2.33. The molecule has 1 rings (SSSR count). The predicted molar refractivity (Wildman–Crippen MR) is 72.2 cm³/mol. The number of epoxide rings is 1. The van der Waals surface area contributed by atoms with E-state index in [1.165, 1.54) is 4.90 Å². The Bertz CT molecular complexity index is 366. The Labute approximate surface area is 114 Å². The summed E-state index contributed by atoms with van der Waals surface area (Å²) in [5.41, 5.74) is -1.41. The fraction of sp³-hybridized carbons (Fsp3) is 0.857. The van der Waals surface area contributed by atoms with Crippen molar-refractivity contribution in [2.75, 3.05) is 6.61 Å². The Kier molecular flexibility index (Phi) is 4.30. The first kappa shape index (κ1) is 16.0. The third kappa shape index (κ3) is 3.69. The second-order valence-corrected chi connectivity index (χ2v) is 6.85. The summed E-state index contributed by atoms with van der Waals surface area (Å²) in [6, 6.07) is -0.648. The van der Waals surface area contributed by atoms with Gasteiger partial charge in [-0.25, -0.2) is 4.79 Å². The molecule has 0 spiro atoms. The number of carboxylic acid groups (broad SMARTS) is 1. The molecule has 2 unspecified atom stereocenters. The molecule has 0 aromatic carbocycles. The third-order valence-electron chi connectivity index (χ3n) is 3.34. The first-order chi connectivity index (χ1) is 8.49. The second kappa shape index (κ2) is 5.12. The maximum absolute atomic E-state index is 12.5. The number of Topliss-reactive ketones (excluding diaryl/α,β-unsaturated/α-hetero) is 1. The number of amides is 1. The van der Waals surface area contributed by atoms with Crippen molar-refractivity contribution in [1.82, 2.24) is 4.90 Å². The van der Waals surface area contributed by atoms with Crippen molar-refractivity contribution < 1.29 is 19.4 Å². The van der Waals surface area contributed by atoms with Gasteiger partial charge in [0.2, 0.25) is 0 Å². The highest BCUT2D eigenvalue weighted by Gasteiger charge is 2.53. The van der Waals surface area contributed by atoms with Gasteiger partial charge in [0.05, 0.1) is 12.6 Å². The topological polar surface area (TPSA) is 70.1 Å². The van der Waals surface area contributed by atoms with Crippen LogP contribution in [0.3, 0.4) is 0 Å². The quantitative estimate of drug-likeness (QED) is 0.780. The van der Waals surface area contributed by atoms with Crippen LogP contribution in [0.5, 0.6) is 0 Å². The van der Waals surface area contributed by atoms with Crippen LogP contribution in [0.4, 0.5) is 4.79 Å². The molecular formula is C14H25NO4. The van der Waals surface area contributed by atoms with Gasteiger partial charge in [-0.1, -0.05) is 13.8 Å². The summed E-state index contributed by atoms with van der Waals surface area (Å²) < 4.78 is 5.19. The fourth-order valence-corrected chi connectivity index (χ4v) is 2.27. The molecule has 0 aromatic rings. The molecule has 1 amide bonds. The molecule has 1 fully saturated rings. The van der Waals surface area contributed by atoms with Crippen molar-refractivity contribution in [2.24, 2.45) is 5.92 Å². The molecule has 5 heteroatoms. The zero-order valence-electron chi connectivity index (χ0n) is 12.7. The van der Waals surface area contributed by atoms with Crippen molar-refractivity contribution >= 4 is 11.9 Å². The van der Waals surface area contributed by atoms with Gasteiger partial charge in [0.1, 0.15) is 5.60 Å². The number of hydrogen-bond acceptors (Lipinski definition) is 3. The summed E-state index contributed by atoms with van der Waals surface area (Å²) in [5.74, 6) is 0.110. The first-order valence-corrected chi connectivity index (χ1v) is 6.69. The number of nitrogens with zero attached hydrogens (tertiary/aromatic N) is 1. The summed E-state index contributed by atoms with van der Waals surface area (Å²) in [4.78, 5) is 25.3. The monoisotopic (exact) mass is 271 g/mol. The van der Waals surface area contributed by atoms with Crippen LogP contribution >= 0.6 is 0 Å². The highest BCUT2D eigenvalue weighted by molar-refractivity contribution is 5.95. The van der Waals surface area contributed by atoms with E-state index in [0.717, 1.165) is 0 Å². The lowest BCUT2D eigenvalue weighted by atomic mass is 9.89. The van der Waals surface area contributed by atoms with Crippen LogP contribution in [0.2, 0.25) is 0 Å². The molecule has 1 aliphatic rings. The van der Waals surface area contributed by atoms with E-state index in [2.05, 4.69) is 0 Å². The summed E-state index contributed by atoms with van der Waals surface area (Å²) in [7, 11) is 0. The molecule has 1 aliphatic heterocycles. The highest BCUT2D eigenvalue weighted by atomic mass is 16.6. The van der Waals surface area contributed by atoms with Gasteiger partial charge in [-0.15, -0.1) is 0 Å². The van der Waals surface area contributed by atoms with Crippen molar-refractivity contribution in [3.05, 3.63) is 0 Å². The van der Waals surface area contributed by atoms with E-state index in [1.54, 1.807) is 27.7 Å². The number of hydrogen-bond donors (Lipinski definition) is 1. The Balaban J connectivity index is 3.06. The smallest absolute Gasteiger partial charge is 0.408 e. The molecule has 1 heterocycles. The minimum atomic E-state index is -1.06. The summed E-state index contributed by atoms with van der Waals surface area (Å²) in [5, 5.41) is 9.46. The Morgan fingerprint density at radius 1 is 1.37 bits per heavy atom. The van der Waals surface area contributed by atoms with Crippen LogP contribution in [0.15, 0.2) is 0 Å². The Morgan fingerprint density at radius 2 is 1.84 bits per heavy atom. The number of rotatable bonds is 5. The number of carbonyl (C=O) groups is 2. The molecule has 110 valence electrons. The standard InChI is InChI=1S/C14H25NO4/c1-9(2)7-10(11(16)14(6)8-19-14)15(12(17)18)13(3,4)5/h9-10H,7-8H2,1-6H3,(H,17,18). The molecular weight excluding hydrogens is 246 g/mol. The largest absolute Gasteiger partial charge is 0.465 e. The van der Waals surface area contributed by atoms with Gasteiger partial charge < -0.3 is 9.84 Å². The lowest BCUT2D eigenvalue weighted by Gasteiger charge is -2.40. The minimum Gasteiger partial charge on any atom is -0.465 e. The van der Waals surface area contributed by atoms with Crippen LogP contribution in [0.1, 0.15) is 48.0 Å². The van der Waals surface area contributed by atoms with Gasteiger partial charge >= 0.3 is 6.09 Å². The number of carbonyl (C=O) groups excluding carboxylic acids is 1. The third-order valence-corrected chi connectivity index (χ3v) is 3.34. The molecule has 0 saturated carbocycles. The summed E-state index contributed by atoms with van der Waals surface area (Å²) in [6.45, 7) is 11.5. The average Bonchev–Trinajstić information content (AvgIpc) is 2.92. The predicted octanol–water partition coefficient (Wildman–Crippen LogP) is 2.54. The van der Waals surface area contributed by atoms with Crippen LogP contribution in [0, 0.1) is 5.92 Å². The van der Waals surface area contributed by atoms with E-state index in [9.17, 15) is 14.7 Å². The number of ketones is 1. The van der Waals surface area contributed by atoms with Crippen molar-refractivity contribution in [2.45, 2.75) is 65.1 Å². The Morgan fingerprint density at radius 3 is 2.11 bits per heavy atom. The molecule has 0 aromatic heterocycles. The average molecular weight is 271 g/mol. The van der Waals surface area contributed by atoms with Gasteiger partial charge in [0, 0.05) is 5.54 Å². The van der Waals surface area contributed by atoms with Gasteiger partial charge in [-0.05, 0) is 40.0 Å². The van der Waals surface area contributed by atoms with Crippen LogP contribution in [0.25, 0.3) is 0 Å². The minimum absolute atomic E-state index is 0.126. The zero-order chi connectivity index (χ0) is 15.0. The van der Waals surface area contributed by atoms with E-state index < -0.39 is 23.3 Å². The van der Waals surface area contributed by atoms with E-state index in [4.69, 9.17) is 4.74 Å². The normalized spacial score (nSPS) is 24.2. The zero-order valence-corrected chi connectivity index (χ0v) is 12.7. The molecule has 0 radical (unpaired) electrons. The fourth-order valence-electron chi connectivity index (χ4n) is 2.27. The molecule has 2 atom stereocenters. The number of ether oxygens (including phenoxy) is 1. The van der Waals surface area contributed by atoms with Gasteiger partial charge in [-0.3, -0.25) is 9.69 Å². The molecule has 0 aliphatic carbocycles. The molecule has 1 N–H and O–H groups in total. The molecule has 1 saturated heterocycles. The summed E-state index contributed by atoms with van der Waals surface area (Å²) in [6.07, 6.45) is -0.544. The van der Waals surface area contributed by atoms with Crippen molar-refractivity contribution in [3.8, 4) is 0 Å². The maximum atomic E-state index is 12.5. The van der Waals surface area contributed by atoms with E-state index >= 15 is 0 Å². The SMILES string of the molecule is CC(C)CC(C(=O)C1(C)CO1)N(C(=O)O)C(C)(C)C. The lowest BCUT2D eigenvalue weighted by molar-refractivity contribution is -0.130. The lowest BCUT2D eigenvalue weighted by Crippen LogP contribution is -2.56. The van der Waals surface area contributed by atoms with Gasteiger partial charge in [0.25, 0.3) is 0 Å². The molecule has 0 bridgehead atoms. The van der Waals surface area contributed by atoms with Gasteiger partial charge in [0.15, 0.2) is 5.78 Å². The van der Waals surface area contributed by atoms with E-state index in [1.807, 2.05) is 13.8 Å². The summed E-state index contributed by atoms with van der Waals surface area (Å²) >= 11 is 0. The molecule has 5 nitrogen and oxygen atoms in total. The van der Waals surface area contributed by atoms with Crippen molar-refractivity contribution in [1.29, 1.82) is 0 Å². The maximum Gasteiger partial charge on any atom is 0.408 e. The Hall–Kier alpha value is -1.10. The van der Waals surface area contributed by atoms with Crippen LogP contribution < -0.4 is 0 Å². The van der Waals surface area contributed by atoms with Crippen LogP contribution in [-0.2, 0) is 9.53 Å². The first-order valence-electron chi connectivity index (χ1n) is 6.69.